The van der Waals surface area contributed by atoms with E-state index in [-0.39, 0.29) is 0 Å². The van der Waals surface area contributed by atoms with Crippen LogP contribution in [-0.4, -0.2) is 15.6 Å². The number of hydrogen-bond donors (Lipinski definition) is 1. The van der Waals surface area contributed by atoms with Crippen molar-refractivity contribution >= 4 is 9.04 Å². The molecule has 1 rings (SSSR count). The fourth-order valence-corrected chi connectivity index (χ4v) is 1.52. The van der Waals surface area contributed by atoms with Gasteiger partial charge in [-0.3, -0.25) is 0 Å². The zero-order valence-corrected chi connectivity index (χ0v) is 9.44. The van der Waals surface area contributed by atoms with Crippen LogP contribution in [-0.2, 0) is 10.9 Å². The number of hydrogen-bond acceptors (Lipinski definition) is 2. The Hall–Kier alpha value is -0.643. The van der Waals surface area contributed by atoms with Gasteiger partial charge >= 0.3 is 0 Å². The van der Waals surface area contributed by atoms with Crippen molar-refractivity contribution in [2.75, 3.05) is 6.54 Å². The van der Waals surface area contributed by atoms with Gasteiger partial charge in [0.15, 0.2) is 9.04 Å². The monoisotopic (exact) mass is 195 g/mol. The van der Waals surface area contributed by atoms with E-state index in [1.165, 1.54) is 5.56 Å². The van der Waals surface area contributed by atoms with E-state index in [1.54, 1.807) is 0 Å². The summed E-state index contributed by atoms with van der Waals surface area (Å²) in [6, 6.07) is 10.4. The first-order valence-corrected chi connectivity index (χ1v) is 7.49. The van der Waals surface area contributed by atoms with Gasteiger partial charge in [0.05, 0.1) is 0 Å². The Kier molecular flexibility index (Phi) is 4.75. The zero-order chi connectivity index (χ0) is 9.52. The number of benzene rings is 1. The molecule has 0 saturated carbocycles. The van der Waals surface area contributed by atoms with Crippen molar-refractivity contribution in [2.24, 2.45) is 0 Å². The van der Waals surface area contributed by atoms with Crippen molar-refractivity contribution in [3.63, 3.8) is 0 Å². The Bertz CT molecular complexity index is 226. The molecular weight excluding hydrogens is 178 g/mol. The van der Waals surface area contributed by atoms with Crippen LogP contribution >= 0.6 is 0 Å². The van der Waals surface area contributed by atoms with Crippen LogP contribution < -0.4 is 5.48 Å². The summed E-state index contributed by atoms with van der Waals surface area (Å²) in [7, 11) is -0.907. The maximum absolute atomic E-state index is 5.35. The second kappa shape index (κ2) is 5.91. The van der Waals surface area contributed by atoms with Crippen LogP contribution in [0.3, 0.4) is 0 Å². The predicted molar refractivity (Wildman–Crippen MR) is 58.1 cm³/mol. The maximum Gasteiger partial charge on any atom is 0.199 e. The first-order valence-electron chi connectivity index (χ1n) is 4.71. The van der Waals surface area contributed by atoms with E-state index in [0.717, 1.165) is 13.0 Å². The van der Waals surface area contributed by atoms with Gasteiger partial charge in [0, 0.05) is 6.54 Å². The van der Waals surface area contributed by atoms with Gasteiger partial charge in [0.2, 0.25) is 0 Å². The minimum atomic E-state index is -0.907. The topological polar surface area (TPSA) is 21.3 Å². The third kappa shape index (κ3) is 4.82. The minimum Gasteiger partial charge on any atom is -0.350 e. The van der Waals surface area contributed by atoms with Crippen molar-refractivity contribution in [2.45, 2.75) is 19.5 Å². The smallest absolute Gasteiger partial charge is 0.199 e. The normalized spacial score (nSPS) is 10.7. The summed E-state index contributed by atoms with van der Waals surface area (Å²) in [4.78, 5) is 0. The molecule has 72 valence electrons. The molecule has 0 aromatic heterocycles. The highest BCUT2D eigenvalue weighted by atomic mass is 28.3. The van der Waals surface area contributed by atoms with Gasteiger partial charge in [0.1, 0.15) is 0 Å². The summed E-state index contributed by atoms with van der Waals surface area (Å²) in [5.41, 5.74) is 4.35. The lowest BCUT2D eigenvalue weighted by Gasteiger charge is -2.07. The molecule has 0 unspecified atom stereocenters. The molecule has 1 aromatic carbocycles. The van der Waals surface area contributed by atoms with Crippen LogP contribution in [0.15, 0.2) is 30.3 Å². The quantitative estimate of drug-likeness (QED) is 0.439. The highest BCUT2D eigenvalue weighted by molar-refractivity contribution is 6.48. The molecule has 0 fully saturated rings. The SMILES string of the molecule is C[SiH](C)ONCCc1ccccc1. The first kappa shape index (κ1) is 10.4. The molecule has 2 nitrogen and oxygen atoms in total. The van der Waals surface area contributed by atoms with Crippen molar-refractivity contribution in [3.05, 3.63) is 35.9 Å². The second-order valence-corrected chi connectivity index (χ2v) is 5.63. The molecule has 0 radical (unpaired) electrons. The van der Waals surface area contributed by atoms with Gasteiger partial charge in [-0.1, -0.05) is 30.3 Å². The lowest BCUT2D eigenvalue weighted by molar-refractivity contribution is 0.200. The molecule has 0 saturated heterocycles. The summed E-state index contributed by atoms with van der Waals surface area (Å²) in [6.07, 6.45) is 1.03. The molecule has 1 aromatic rings. The lowest BCUT2D eigenvalue weighted by atomic mass is 10.2. The van der Waals surface area contributed by atoms with Crippen molar-refractivity contribution in [1.82, 2.24) is 5.48 Å². The van der Waals surface area contributed by atoms with Crippen molar-refractivity contribution < 1.29 is 4.53 Å². The molecule has 3 heteroatoms. The van der Waals surface area contributed by atoms with Crippen LogP contribution in [0.4, 0.5) is 0 Å². The van der Waals surface area contributed by atoms with Crippen LogP contribution in [0.1, 0.15) is 5.56 Å². The van der Waals surface area contributed by atoms with E-state index in [1.807, 2.05) is 6.07 Å². The highest BCUT2D eigenvalue weighted by Gasteiger charge is 1.94. The Labute approximate surface area is 81.6 Å². The summed E-state index contributed by atoms with van der Waals surface area (Å²) >= 11 is 0. The predicted octanol–water partition coefficient (Wildman–Crippen LogP) is 1.73. The van der Waals surface area contributed by atoms with Crippen LogP contribution in [0.5, 0.6) is 0 Å². The summed E-state index contributed by atoms with van der Waals surface area (Å²) < 4.78 is 5.35. The second-order valence-electron chi connectivity index (χ2n) is 3.30. The van der Waals surface area contributed by atoms with E-state index < -0.39 is 9.04 Å². The number of nitrogens with one attached hydrogen (secondary N) is 1. The van der Waals surface area contributed by atoms with Gasteiger partial charge in [-0.05, 0) is 25.1 Å². The Morgan fingerprint density at radius 1 is 1.23 bits per heavy atom. The van der Waals surface area contributed by atoms with E-state index in [2.05, 4.69) is 42.8 Å². The molecule has 0 aliphatic heterocycles. The maximum atomic E-state index is 5.35. The molecule has 0 heterocycles. The third-order valence-corrected chi connectivity index (χ3v) is 2.32. The van der Waals surface area contributed by atoms with Crippen LogP contribution in [0, 0.1) is 0 Å². The fraction of sp³-hybridized carbons (Fsp3) is 0.400. The zero-order valence-electron chi connectivity index (χ0n) is 8.29. The van der Waals surface area contributed by atoms with E-state index in [9.17, 15) is 0 Å². The standard InChI is InChI=1S/C10H17NOSi/c1-13(2)12-11-9-8-10-6-4-3-5-7-10/h3-7,11,13H,8-9H2,1-2H3. The lowest BCUT2D eigenvalue weighted by Crippen LogP contribution is -2.24. The van der Waals surface area contributed by atoms with Crippen LogP contribution in [0.2, 0.25) is 13.1 Å². The fourth-order valence-electron chi connectivity index (χ4n) is 1.07. The summed E-state index contributed by atoms with van der Waals surface area (Å²) in [6.45, 7) is 5.19. The molecular formula is C10H17NOSi. The molecule has 13 heavy (non-hydrogen) atoms. The number of rotatable bonds is 5. The average Bonchev–Trinajstić information content (AvgIpc) is 2.14. The molecule has 1 N–H and O–H groups in total. The highest BCUT2D eigenvalue weighted by Crippen LogP contribution is 1.97. The van der Waals surface area contributed by atoms with Crippen molar-refractivity contribution in [1.29, 1.82) is 0 Å². The van der Waals surface area contributed by atoms with Gasteiger partial charge in [-0.15, -0.1) is 0 Å². The average molecular weight is 195 g/mol. The number of hydroxylamine groups is 1. The molecule has 0 bridgehead atoms. The molecule has 0 aliphatic carbocycles. The van der Waals surface area contributed by atoms with E-state index >= 15 is 0 Å². The molecule has 0 spiro atoms. The largest absolute Gasteiger partial charge is 0.350 e. The van der Waals surface area contributed by atoms with Gasteiger partial charge in [-0.25, -0.2) is 5.48 Å². The van der Waals surface area contributed by atoms with Crippen LogP contribution in [0.25, 0.3) is 0 Å². The minimum absolute atomic E-state index is 0.898. The van der Waals surface area contributed by atoms with E-state index in [4.69, 9.17) is 4.53 Å². The Morgan fingerprint density at radius 3 is 2.54 bits per heavy atom. The van der Waals surface area contributed by atoms with Gasteiger partial charge in [0.25, 0.3) is 0 Å². The van der Waals surface area contributed by atoms with Gasteiger partial charge < -0.3 is 4.53 Å². The van der Waals surface area contributed by atoms with Crippen molar-refractivity contribution in [3.8, 4) is 0 Å². The summed E-state index contributed by atoms with van der Waals surface area (Å²) in [5.74, 6) is 0. The van der Waals surface area contributed by atoms with Gasteiger partial charge in [-0.2, -0.15) is 0 Å². The Morgan fingerprint density at radius 2 is 1.92 bits per heavy atom. The third-order valence-electron chi connectivity index (χ3n) is 1.68. The summed E-state index contributed by atoms with van der Waals surface area (Å²) in [5, 5.41) is 0. The Balaban J connectivity index is 2.13. The first-order chi connectivity index (χ1) is 6.29. The molecule has 0 atom stereocenters. The molecule has 0 aliphatic rings. The molecule has 0 amide bonds. The van der Waals surface area contributed by atoms with E-state index in [0.29, 0.717) is 0 Å².